The third kappa shape index (κ3) is 5.53. The second-order valence-corrected chi connectivity index (χ2v) is 4.85. The van der Waals surface area contributed by atoms with Crippen molar-refractivity contribution < 1.29 is 13.6 Å². The average molecular weight is 296 g/mol. The minimum Gasteiger partial charge on any atom is -0.379 e. The van der Waals surface area contributed by atoms with Crippen LogP contribution in [0, 0.1) is 11.6 Å². The summed E-state index contributed by atoms with van der Waals surface area (Å²) in [6.07, 6.45) is 9.70. The first-order chi connectivity index (χ1) is 10.1. The highest BCUT2D eigenvalue weighted by Crippen LogP contribution is 2.20. The molecule has 0 aliphatic heterocycles. The molecule has 0 spiro atoms. The molecule has 0 saturated heterocycles. The van der Waals surface area contributed by atoms with Crippen molar-refractivity contribution in [3.63, 3.8) is 0 Å². The molecule has 0 fully saturated rings. The highest BCUT2D eigenvalue weighted by molar-refractivity contribution is 5.94. The normalized spacial score (nSPS) is 11.0. The van der Waals surface area contributed by atoms with Crippen molar-refractivity contribution in [1.29, 1.82) is 0 Å². The highest BCUT2D eigenvalue weighted by Gasteiger charge is 2.17. The third-order valence-electron chi connectivity index (χ3n) is 3.14. The van der Waals surface area contributed by atoms with Gasteiger partial charge in [0, 0.05) is 6.54 Å². The zero-order valence-electron chi connectivity index (χ0n) is 12.3. The van der Waals surface area contributed by atoms with E-state index in [1.54, 1.807) is 0 Å². The standard InChI is InChI=1S/C16H22F2N2O/c1-2-3-4-5-6-7-8-11-20-13-10-9-12(17)14(15(13)18)16(19)21/h7-10,20H,2-6,11H2,1H3,(H2,19,21). The molecule has 1 rings (SSSR count). The number of hydrogen-bond acceptors (Lipinski definition) is 2. The first-order valence-electron chi connectivity index (χ1n) is 7.24. The van der Waals surface area contributed by atoms with Crippen LogP contribution in [0.1, 0.15) is 49.4 Å². The van der Waals surface area contributed by atoms with Crippen LogP contribution in [0.15, 0.2) is 24.3 Å². The smallest absolute Gasteiger partial charge is 0.254 e. The predicted molar refractivity (Wildman–Crippen MR) is 81.3 cm³/mol. The largest absolute Gasteiger partial charge is 0.379 e. The van der Waals surface area contributed by atoms with Gasteiger partial charge in [0.05, 0.1) is 5.69 Å². The van der Waals surface area contributed by atoms with E-state index < -0.39 is 23.1 Å². The van der Waals surface area contributed by atoms with E-state index in [2.05, 4.69) is 12.2 Å². The number of allylic oxidation sites excluding steroid dienone is 1. The molecule has 3 N–H and O–H groups in total. The Kier molecular flexibility index (Phi) is 7.43. The van der Waals surface area contributed by atoms with Gasteiger partial charge in [-0.25, -0.2) is 8.78 Å². The maximum atomic E-state index is 13.9. The summed E-state index contributed by atoms with van der Waals surface area (Å²) in [5, 5.41) is 2.80. The van der Waals surface area contributed by atoms with Gasteiger partial charge in [-0.05, 0) is 25.0 Å². The number of primary amides is 1. The molecule has 3 nitrogen and oxygen atoms in total. The molecule has 0 aliphatic rings. The topological polar surface area (TPSA) is 55.1 Å². The molecule has 1 aromatic carbocycles. The molecule has 0 atom stereocenters. The van der Waals surface area contributed by atoms with Crippen molar-refractivity contribution in [2.24, 2.45) is 5.73 Å². The Morgan fingerprint density at radius 2 is 2.00 bits per heavy atom. The second kappa shape index (κ2) is 9.10. The van der Waals surface area contributed by atoms with Gasteiger partial charge in [0.2, 0.25) is 0 Å². The van der Waals surface area contributed by atoms with Crippen LogP contribution in [0.25, 0.3) is 0 Å². The van der Waals surface area contributed by atoms with E-state index in [0.29, 0.717) is 6.54 Å². The Labute approximate surface area is 124 Å². The zero-order valence-corrected chi connectivity index (χ0v) is 12.3. The van der Waals surface area contributed by atoms with E-state index >= 15 is 0 Å². The number of halogens is 2. The number of unbranched alkanes of at least 4 members (excludes halogenated alkanes) is 4. The van der Waals surface area contributed by atoms with Gasteiger partial charge < -0.3 is 11.1 Å². The molecule has 116 valence electrons. The number of carbonyl (C=O) groups excluding carboxylic acids is 1. The number of nitrogens with one attached hydrogen (secondary N) is 1. The lowest BCUT2D eigenvalue weighted by atomic mass is 10.1. The number of benzene rings is 1. The fourth-order valence-electron chi connectivity index (χ4n) is 1.97. The first-order valence-corrected chi connectivity index (χ1v) is 7.24. The van der Waals surface area contributed by atoms with Crippen LogP contribution in [0.5, 0.6) is 0 Å². The Hall–Kier alpha value is -1.91. The van der Waals surface area contributed by atoms with Crippen LogP contribution in [-0.4, -0.2) is 12.5 Å². The molecule has 0 saturated carbocycles. The molecule has 0 radical (unpaired) electrons. The van der Waals surface area contributed by atoms with Crippen molar-refractivity contribution >= 4 is 11.6 Å². The van der Waals surface area contributed by atoms with Gasteiger partial charge in [-0.2, -0.15) is 0 Å². The van der Waals surface area contributed by atoms with Crippen molar-refractivity contribution in [2.45, 2.75) is 39.0 Å². The lowest BCUT2D eigenvalue weighted by Crippen LogP contribution is -2.17. The highest BCUT2D eigenvalue weighted by atomic mass is 19.1. The summed E-state index contributed by atoms with van der Waals surface area (Å²) < 4.78 is 27.2. The van der Waals surface area contributed by atoms with Gasteiger partial charge in [0.15, 0.2) is 5.82 Å². The molecular weight excluding hydrogens is 274 g/mol. The summed E-state index contributed by atoms with van der Waals surface area (Å²) in [5.74, 6) is -3.00. The first kappa shape index (κ1) is 17.1. The Bertz CT molecular complexity index is 501. The maximum Gasteiger partial charge on any atom is 0.254 e. The minimum absolute atomic E-state index is 0.0702. The SMILES string of the molecule is CCCCCCC=CCNc1ccc(F)c(C(N)=O)c1F. The Morgan fingerprint density at radius 3 is 2.67 bits per heavy atom. The van der Waals surface area contributed by atoms with E-state index in [4.69, 9.17) is 5.73 Å². The van der Waals surface area contributed by atoms with Crippen LogP contribution in [0.4, 0.5) is 14.5 Å². The van der Waals surface area contributed by atoms with Crippen LogP contribution in [-0.2, 0) is 0 Å². The van der Waals surface area contributed by atoms with E-state index in [1.165, 1.54) is 25.3 Å². The maximum absolute atomic E-state index is 13.9. The quantitative estimate of drug-likeness (QED) is 0.534. The average Bonchev–Trinajstić information content (AvgIpc) is 2.43. The molecule has 1 aromatic rings. The minimum atomic E-state index is -1.11. The molecule has 0 heterocycles. The van der Waals surface area contributed by atoms with Crippen molar-refractivity contribution in [2.75, 3.05) is 11.9 Å². The Balaban J connectivity index is 2.47. The number of rotatable bonds is 9. The predicted octanol–water partition coefficient (Wildman–Crippen LogP) is 4.00. The molecule has 5 heteroatoms. The number of carbonyl (C=O) groups is 1. The van der Waals surface area contributed by atoms with E-state index in [-0.39, 0.29) is 5.69 Å². The summed E-state index contributed by atoms with van der Waals surface area (Å²) in [6, 6.07) is 2.28. The van der Waals surface area contributed by atoms with E-state index in [9.17, 15) is 13.6 Å². The molecule has 0 aliphatic carbocycles. The molecule has 0 bridgehead atoms. The van der Waals surface area contributed by atoms with Crippen molar-refractivity contribution in [3.8, 4) is 0 Å². The molecule has 0 unspecified atom stereocenters. The summed E-state index contributed by atoms with van der Waals surface area (Å²) in [7, 11) is 0. The fraction of sp³-hybridized carbons (Fsp3) is 0.438. The van der Waals surface area contributed by atoms with Gasteiger partial charge in [0.1, 0.15) is 11.4 Å². The van der Waals surface area contributed by atoms with Crippen molar-refractivity contribution in [1.82, 2.24) is 0 Å². The zero-order chi connectivity index (χ0) is 15.7. The van der Waals surface area contributed by atoms with E-state index in [0.717, 1.165) is 18.9 Å². The summed E-state index contributed by atoms with van der Waals surface area (Å²) >= 11 is 0. The lowest BCUT2D eigenvalue weighted by molar-refractivity contribution is 0.0992. The van der Waals surface area contributed by atoms with Gasteiger partial charge in [-0.3, -0.25) is 4.79 Å². The molecule has 21 heavy (non-hydrogen) atoms. The summed E-state index contributed by atoms with van der Waals surface area (Å²) in [6.45, 7) is 2.58. The van der Waals surface area contributed by atoms with Crippen LogP contribution in [0.2, 0.25) is 0 Å². The van der Waals surface area contributed by atoms with Crippen LogP contribution >= 0.6 is 0 Å². The van der Waals surface area contributed by atoms with Gasteiger partial charge in [-0.1, -0.05) is 38.3 Å². The van der Waals surface area contributed by atoms with E-state index in [1.807, 2.05) is 12.2 Å². The number of hydrogen-bond donors (Lipinski definition) is 2. The third-order valence-corrected chi connectivity index (χ3v) is 3.14. The number of nitrogens with two attached hydrogens (primary N) is 1. The van der Waals surface area contributed by atoms with Crippen LogP contribution < -0.4 is 11.1 Å². The monoisotopic (exact) mass is 296 g/mol. The van der Waals surface area contributed by atoms with Crippen LogP contribution in [0.3, 0.4) is 0 Å². The van der Waals surface area contributed by atoms with Crippen molar-refractivity contribution in [3.05, 3.63) is 41.5 Å². The van der Waals surface area contributed by atoms with Gasteiger partial charge in [-0.15, -0.1) is 0 Å². The Morgan fingerprint density at radius 1 is 1.24 bits per heavy atom. The van der Waals surface area contributed by atoms with Gasteiger partial charge in [0.25, 0.3) is 5.91 Å². The summed E-state index contributed by atoms with van der Waals surface area (Å²) in [5.41, 5.74) is 4.32. The van der Waals surface area contributed by atoms with Gasteiger partial charge >= 0.3 is 0 Å². The fourth-order valence-corrected chi connectivity index (χ4v) is 1.97. The molecule has 0 aromatic heterocycles. The summed E-state index contributed by atoms with van der Waals surface area (Å²) in [4.78, 5) is 11.0. The lowest BCUT2D eigenvalue weighted by Gasteiger charge is -2.08. The molecule has 1 amide bonds. The number of anilines is 1. The second-order valence-electron chi connectivity index (χ2n) is 4.85. The number of amides is 1. The molecular formula is C16H22F2N2O.